The summed E-state index contributed by atoms with van der Waals surface area (Å²) in [6, 6.07) is 6.27. The summed E-state index contributed by atoms with van der Waals surface area (Å²) in [7, 11) is 0. The van der Waals surface area contributed by atoms with Crippen molar-refractivity contribution in [3.63, 3.8) is 0 Å². The Morgan fingerprint density at radius 1 is 1.21 bits per heavy atom. The summed E-state index contributed by atoms with van der Waals surface area (Å²) >= 11 is 13.5. The smallest absolute Gasteiger partial charge is 0.147 e. The van der Waals surface area contributed by atoms with Gasteiger partial charge in [0.05, 0.1) is 10.0 Å². The molecule has 0 bridgehead atoms. The lowest BCUT2D eigenvalue weighted by molar-refractivity contribution is 0.677. The van der Waals surface area contributed by atoms with E-state index in [-0.39, 0.29) is 0 Å². The van der Waals surface area contributed by atoms with Crippen molar-refractivity contribution in [1.29, 1.82) is 0 Å². The van der Waals surface area contributed by atoms with E-state index >= 15 is 0 Å². The second kappa shape index (κ2) is 5.75. The Labute approximate surface area is 126 Å². The minimum Gasteiger partial charge on any atom is -0.314 e. The molecule has 1 aliphatic rings. The van der Waals surface area contributed by atoms with E-state index in [0.717, 1.165) is 34.6 Å². The quantitative estimate of drug-likeness (QED) is 0.912. The molecular weight excluding hydrogens is 301 g/mol. The molecule has 3 nitrogen and oxygen atoms in total. The van der Waals surface area contributed by atoms with E-state index in [1.54, 1.807) is 17.4 Å². The van der Waals surface area contributed by atoms with Gasteiger partial charge in [0.25, 0.3) is 0 Å². The van der Waals surface area contributed by atoms with Crippen molar-refractivity contribution in [1.82, 2.24) is 15.5 Å². The summed E-state index contributed by atoms with van der Waals surface area (Å²) in [6.07, 6.45) is 3.55. The summed E-state index contributed by atoms with van der Waals surface area (Å²) in [4.78, 5) is 0. The average Bonchev–Trinajstić information content (AvgIpc) is 3.10. The summed E-state index contributed by atoms with van der Waals surface area (Å²) in [5.74, 6) is 0. The molecule has 0 spiro atoms. The third kappa shape index (κ3) is 3.45. The first kappa shape index (κ1) is 13.3. The molecule has 100 valence electrons. The number of aromatic nitrogens is 2. The zero-order chi connectivity index (χ0) is 13.2. The minimum absolute atomic E-state index is 0.548. The van der Waals surface area contributed by atoms with Gasteiger partial charge in [-0.2, -0.15) is 0 Å². The van der Waals surface area contributed by atoms with E-state index in [4.69, 9.17) is 23.2 Å². The summed E-state index contributed by atoms with van der Waals surface area (Å²) in [6.45, 7) is 0.973. The number of nitrogens with zero attached hydrogens (tertiary/aromatic N) is 2. The molecule has 1 N–H and O–H groups in total. The zero-order valence-corrected chi connectivity index (χ0v) is 12.5. The van der Waals surface area contributed by atoms with Crippen molar-refractivity contribution >= 4 is 34.5 Å². The van der Waals surface area contributed by atoms with Gasteiger partial charge in [0.1, 0.15) is 10.0 Å². The lowest BCUT2D eigenvalue weighted by atomic mass is 10.2. The number of nitrogens with one attached hydrogen (secondary N) is 1. The molecule has 0 amide bonds. The van der Waals surface area contributed by atoms with Crippen molar-refractivity contribution in [2.24, 2.45) is 0 Å². The van der Waals surface area contributed by atoms with Crippen LogP contribution in [0.2, 0.25) is 10.0 Å². The largest absolute Gasteiger partial charge is 0.314 e. The Balaban J connectivity index is 1.67. The van der Waals surface area contributed by atoms with E-state index in [1.165, 1.54) is 12.8 Å². The Kier molecular flexibility index (Phi) is 4.03. The fraction of sp³-hybridized carbons (Fsp3) is 0.385. The van der Waals surface area contributed by atoms with Crippen LogP contribution in [-0.2, 0) is 6.42 Å². The molecule has 1 saturated carbocycles. The van der Waals surface area contributed by atoms with Crippen molar-refractivity contribution in [2.45, 2.75) is 25.3 Å². The summed E-state index contributed by atoms with van der Waals surface area (Å²) in [5.41, 5.74) is 0.966. The fourth-order valence-corrected chi connectivity index (χ4v) is 2.90. The van der Waals surface area contributed by atoms with Crippen LogP contribution in [0.1, 0.15) is 17.8 Å². The molecule has 1 aliphatic carbocycles. The number of hydrogen-bond acceptors (Lipinski definition) is 4. The van der Waals surface area contributed by atoms with Crippen LogP contribution >= 0.6 is 34.5 Å². The van der Waals surface area contributed by atoms with E-state index in [2.05, 4.69) is 15.5 Å². The van der Waals surface area contributed by atoms with Gasteiger partial charge in [0.2, 0.25) is 0 Å². The van der Waals surface area contributed by atoms with Crippen LogP contribution in [0.5, 0.6) is 0 Å². The van der Waals surface area contributed by atoms with Gasteiger partial charge in [-0.05, 0) is 25.0 Å². The second-order valence-electron chi connectivity index (χ2n) is 4.61. The average molecular weight is 314 g/mol. The van der Waals surface area contributed by atoms with Crippen LogP contribution in [0, 0.1) is 0 Å². The first-order valence-electron chi connectivity index (χ1n) is 6.23. The number of rotatable bonds is 5. The van der Waals surface area contributed by atoms with Gasteiger partial charge in [0.15, 0.2) is 0 Å². The van der Waals surface area contributed by atoms with E-state index in [9.17, 15) is 0 Å². The van der Waals surface area contributed by atoms with Gasteiger partial charge in [-0.1, -0.05) is 40.6 Å². The van der Waals surface area contributed by atoms with E-state index in [1.807, 2.05) is 12.1 Å². The number of halogens is 2. The molecule has 1 aromatic carbocycles. The molecule has 0 saturated heterocycles. The molecule has 19 heavy (non-hydrogen) atoms. The van der Waals surface area contributed by atoms with Gasteiger partial charge in [-0.3, -0.25) is 0 Å². The molecule has 1 aromatic heterocycles. The van der Waals surface area contributed by atoms with Crippen LogP contribution in [0.15, 0.2) is 18.2 Å². The molecule has 2 aromatic rings. The molecule has 0 radical (unpaired) electrons. The maximum atomic E-state index is 6.01. The summed E-state index contributed by atoms with van der Waals surface area (Å²) in [5, 5.41) is 14.9. The van der Waals surface area contributed by atoms with Gasteiger partial charge >= 0.3 is 0 Å². The summed E-state index contributed by atoms with van der Waals surface area (Å²) < 4.78 is 0. The Hall–Kier alpha value is -0.680. The van der Waals surface area contributed by atoms with Crippen molar-refractivity contribution in [3.8, 4) is 10.6 Å². The lowest BCUT2D eigenvalue weighted by Crippen LogP contribution is -2.19. The maximum absolute atomic E-state index is 6.01. The van der Waals surface area contributed by atoms with Crippen molar-refractivity contribution in [3.05, 3.63) is 33.3 Å². The predicted molar refractivity (Wildman–Crippen MR) is 80.1 cm³/mol. The first-order chi connectivity index (χ1) is 9.22. The molecule has 0 aliphatic heterocycles. The Morgan fingerprint density at radius 3 is 2.79 bits per heavy atom. The van der Waals surface area contributed by atoms with E-state index < -0.39 is 0 Å². The maximum Gasteiger partial charge on any atom is 0.147 e. The van der Waals surface area contributed by atoms with Crippen LogP contribution in [0.4, 0.5) is 0 Å². The number of hydrogen-bond donors (Lipinski definition) is 1. The fourth-order valence-electron chi connectivity index (χ4n) is 1.77. The highest BCUT2D eigenvalue weighted by atomic mass is 35.5. The topological polar surface area (TPSA) is 37.8 Å². The lowest BCUT2D eigenvalue weighted by Gasteiger charge is -1.99. The Bertz CT molecular complexity index is 581. The molecule has 3 rings (SSSR count). The first-order valence-corrected chi connectivity index (χ1v) is 7.81. The van der Waals surface area contributed by atoms with Crippen LogP contribution in [-0.4, -0.2) is 22.8 Å². The number of benzene rings is 1. The minimum atomic E-state index is 0.548. The second-order valence-corrected chi connectivity index (χ2v) is 6.48. The standard InChI is InChI=1S/C13H13Cl2N3S/c14-10-4-1-8(7-11(10)15)13-18-17-12(19-13)5-6-16-9-2-3-9/h1,4,7,9,16H,2-3,5-6H2. The SMILES string of the molecule is Clc1ccc(-c2nnc(CCNC3CC3)s2)cc1Cl. The molecule has 0 atom stereocenters. The zero-order valence-electron chi connectivity index (χ0n) is 10.2. The third-order valence-electron chi connectivity index (χ3n) is 2.98. The van der Waals surface area contributed by atoms with Crippen molar-refractivity contribution in [2.75, 3.05) is 6.54 Å². The predicted octanol–water partition coefficient (Wildman–Crippen LogP) is 3.81. The van der Waals surface area contributed by atoms with Crippen LogP contribution in [0.3, 0.4) is 0 Å². The van der Waals surface area contributed by atoms with E-state index in [0.29, 0.717) is 10.0 Å². The highest BCUT2D eigenvalue weighted by Crippen LogP contribution is 2.30. The van der Waals surface area contributed by atoms with Crippen molar-refractivity contribution < 1.29 is 0 Å². The van der Waals surface area contributed by atoms with Gasteiger partial charge in [-0.15, -0.1) is 10.2 Å². The van der Waals surface area contributed by atoms with Gasteiger partial charge in [-0.25, -0.2) is 0 Å². The molecule has 1 fully saturated rings. The Morgan fingerprint density at radius 2 is 2.05 bits per heavy atom. The monoisotopic (exact) mass is 313 g/mol. The van der Waals surface area contributed by atoms with Gasteiger partial charge in [0, 0.05) is 24.6 Å². The molecule has 1 heterocycles. The van der Waals surface area contributed by atoms with Gasteiger partial charge < -0.3 is 5.32 Å². The third-order valence-corrected chi connectivity index (χ3v) is 4.75. The molecular formula is C13H13Cl2N3S. The van der Waals surface area contributed by atoms with Crippen LogP contribution in [0.25, 0.3) is 10.6 Å². The molecule has 0 unspecified atom stereocenters. The highest BCUT2D eigenvalue weighted by molar-refractivity contribution is 7.14. The van der Waals surface area contributed by atoms with Crippen LogP contribution < -0.4 is 5.32 Å². The molecule has 6 heteroatoms. The highest BCUT2D eigenvalue weighted by Gasteiger charge is 2.20. The normalized spacial score (nSPS) is 14.8.